The molecule has 1 aliphatic rings. The zero-order valence-corrected chi connectivity index (χ0v) is 45.7. The Bertz CT molecular complexity index is 2080. The number of carbonyl (C=O) groups excluding carboxylic acids is 8. The van der Waals surface area contributed by atoms with Gasteiger partial charge in [-0.25, -0.2) is 4.79 Å². The molecule has 0 radical (unpaired) electrons. The normalized spacial score (nSPS) is 14.0. The Hall–Kier alpha value is -6.14. The van der Waals surface area contributed by atoms with Crippen molar-refractivity contribution in [2.45, 2.75) is 193 Å². The number of amides is 7. The van der Waals surface area contributed by atoms with Gasteiger partial charge in [-0.15, -0.1) is 5.06 Å². The van der Waals surface area contributed by atoms with E-state index < -0.39 is 146 Å². The van der Waals surface area contributed by atoms with Crippen LogP contribution in [0.4, 0.5) is 0 Å². The SMILES string of the molecule is CCC[CH2][Sn]([CH2]CCC)([CH2]CCC)[c]1cccc(C(=O)NCCCC[C@@H](NC(=O)[C@@H](CCC(=O)O)NC(=O)[C@@H](CCC(=O)O)NC(=O)[C@@H](CCC(=O)O)NC(=O)CCCCC(=O)ON2C(=O)CCC2=O)C(=O)O)c1. The van der Waals surface area contributed by atoms with E-state index >= 15 is 0 Å². The summed E-state index contributed by atoms with van der Waals surface area (Å²) in [6, 6.07) is 1.44. The van der Waals surface area contributed by atoms with Crippen molar-refractivity contribution in [2.75, 3.05) is 6.54 Å². The predicted octanol–water partition coefficient (Wildman–Crippen LogP) is 3.43. The minimum absolute atomic E-state index is 0.0376. The van der Waals surface area contributed by atoms with Gasteiger partial charge >= 0.3 is 223 Å². The number of nitrogens with one attached hydrogen (secondary N) is 5. The summed E-state index contributed by atoms with van der Waals surface area (Å²) in [4.78, 5) is 154. The molecule has 1 aromatic carbocycles. The van der Waals surface area contributed by atoms with Crippen LogP contribution in [0.1, 0.15) is 166 Å². The summed E-state index contributed by atoms with van der Waals surface area (Å²) in [5.41, 5.74) is 0.564. The number of unbranched alkanes of at least 4 members (excludes halogenated alkanes) is 5. The van der Waals surface area contributed by atoms with E-state index in [0.717, 1.165) is 19.3 Å². The molecule has 1 saturated heterocycles. The van der Waals surface area contributed by atoms with Gasteiger partial charge < -0.3 is 36.1 Å². The molecule has 1 aliphatic heterocycles. The third-order valence-electron chi connectivity index (χ3n) is 12.7. The van der Waals surface area contributed by atoms with Gasteiger partial charge in [0.05, 0.1) is 0 Å². The quantitative estimate of drug-likeness (QED) is 0.0259. The van der Waals surface area contributed by atoms with Crippen molar-refractivity contribution in [2.24, 2.45) is 0 Å². The topological polar surface area (TPSA) is 358 Å². The molecule has 24 heteroatoms. The van der Waals surface area contributed by atoms with Crippen LogP contribution in [0, 0.1) is 0 Å². The van der Waals surface area contributed by atoms with Crippen LogP contribution in [0.15, 0.2) is 24.3 Å². The molecule has 0 spiro atoms. The molecule has 0 saturated carbocycles. The summed E-state index contributed by atoms with van der Waals surface area (Å²) < 4.78 is 5.07. The fourth-order valence-corrected chi connectivity index (χ4v) is 24.5. The Morgan fingerprint density at radius 3 is 1.49 bits per heavy atom. The molecule has 9 N–H and O–H groups in total. The van der Waals surface area contributed by atoms with E-state index in [9.17, 15) is 78.0 Å². The Morgan fingerprint density at radius 1 is 0.568 bits per heavy atom. The van der Waals surface area contributed by atoms with Gasteiger partial charge in [0.1, 0.15) is 18.1 Å². The maximum atomic E-state index is 13.7. The second kappa shape index (κ2) is 34.4. The minimum atomic E-state index is -2.83. The van der Waals surface area contributed by atoms with Crippen LogP contribution in [-0.4, -0.2) is 146 Å². The third kappa shape index (κ3) is 23.8. The second-order valence-electron chi connectivity index (χ2n) is 18.6. The number of imide groups is 1. The molecule has 0 aromatic heterocycles. The first kappa shape index (κ1) is 64.0. The Kier molecular flexibility index (Phi) is 29.7. The fourth-order valence-electron chi connectivity index (χ4n) is 8.43. The molecule has 0 bridgehead atoms. The van der Waals surface area contributed by atoms with Gasteiger partial charge in [-0.3, -0.25) is 43.2 Å². The predicted molar refractivity (Wildman–Crippen MR) is 269 cm³/mol. The van der Waals surface area contributed by atoms with Crippen LogP contribution in [-0.2, 0) is 57.6 Å². The van der Waals surface area contributed by atoms with Crippen molar-refractivity contribution in [1.29, 1.82) is 0 Å². The summed E-state index contributed by atoms with van der Waals surface area (Å²) in [5.74, 6) is -12.3. The summed E-state index contributed by atoms with van der Waals surface area (Å²) in [6.07, 6.45) is 2.89. The molecule has 23 nitrogen and oxygen atoms in total. The van der Waals surface area contributed by atoms with Crippen molar-refractivity contribution in [3.05, 3.63) is 29.8 Å². The number of hydrogen-bond donors (Lipinski definition) is 9. The Labute approximate surface area is 435 Å². The molecule has 1 fully saturated rings. The van der Waals surface area contributed by atoms with Crippen LogP contribution < -0.4 is 30.2 Å². The fraction of sp³-hybridized carbons (Fsp3) is 0.640. The van der Waals surface area contributed by atoms with Crippen molar-refractivity contribution in [3.8, 4) is 0 Å². The summed E-state index contributed by atoms with van der Waals surface area (Å²) >= 11 is -2.83. The van der Waals surface area contributed by atoms with E-state index in [4.69, 9.17) is 4.84 Å². The van der Waals surface area contributed by atoms with Crippen molar-refractivity contribution >= 4 is 93.2 Å². The van der Waals surface area contributed by atoms with Crippen LogP contribution in [0.25, 0.3) is 0 Å². The zero-order chi connectivity index (χ0) is 55.2. The number of nitrogens with zero attached hydrogens (tertiary/aromatic N) is 1. The van der Waals surface area contributed by atoms with E-state index in [1.165, 1.54) is 36.2 Å². The van der Waals surface area contributed by atoms with E-state index in [1.54, 1.807) is 6.07 Å². The standard InChI is InChI=1S/C38H49N6O17.3C4H9.Sn/c45-27(11-4-5-12-33(54)61-44-28(46)16-17-29(44)47)40-23(13-18-30(48)49)35(56)41-24(14-19-31(50)51)36(57)42-25(15-20-32(52)53)37(58)43-26(38(59)60)10-6-7-21-39-34(55)22-8-2-1-3-9-22;3*1-3-4-2;/h1-2,8-9,23-26H,4-7,10-21H2,(H,39,55)(H,40,45)(H,41,56)(H,42,57)(H,43,58)(H,48,49)(H,50,51)(H,52,53)(H,59,60);3*1,3-4H2,2H3;/t23-,24-,25-,26-;;;;/m1..../s1. The number of aliphatic carboxylic acids is 4. The van der Waals surface area contributed by atoms with E-state index in [0.29, 0.717) is 17.0 Å². The van der Waals surface area contributed by atoms with Crippen molar-refractivity contribution in [3.63, 3.8) is 0 Å². The molecular weight excluding hydrogens is 1080 g/mol. The van der Waals surface area contributed by atoms with Gasteiger partial charge in [0, 0.05) is 44.9 Å². The molecule has 2 rings (SSSR count). The maximum absolute atomic E-state index is 13.7. The molecule has 0 unspecified atom stereocenters. The third-order valence-corrected chi connectivity index (χ3v) is 28.3. The molecule has 74 heavy (non-hydrogen) atoms. The number of benzene rings is 1. The van der Waals surface area contributed by atoms with Crippen LogP contribution in [0.2, 0.25) is 13.3 Å². The van der Waals surface area contributed by atoms with E-state index in [1.807, 2.05) is 6.07 Å². The average molecular weight is 1150 g/mol. The Balaban J connectivity index is 2.11. The van der Waals surface area contributed by atoms with Crippen molar-refractivity contribution in [1.82, 2.24) is 31.6 Å². The number of hydrogen-bond acceptors (Lipinski definition) is 13. The first-order valence-electron chi connectivity index (χ1n) is 25.7. The second-order valence-corrected chi connectivity index (χ2v) is 31.9. The molecule has 4 atom stereocenters. The number of hydroxylamine groups is 2. The molecule has 412 valence electrons. The first-order chi connectivity index (χ1) is 35.2. The molecule has 0 aliphatic carbocycles. The summed E-state index contributed by atoms with van der Waals surface area (Å²) in [6.45, 7) is 6.81. The first-order valence-corrected chi connectivity index (χ1v) is 33.2. The average Bonchev–Trinajstić information content (AvgIpc) is 3.67. The van der Waals surface area contributed by atoms with Gasteiger partial charge in [0.2, 0.25) is 17.7 Å². The van der Waals surface area contributed by atoms with Crippen LogP contribution in [0.3, 0.4) is 0 Å². The molecule has 7 amide bonds. The van der Waals surface area contributed by atoms with Gasteiger partial charge in [-0.2, -0.15) is 0 Å². The molecule has 1 heterocycles. The zero-order valence-electron chi connectivity index (χ0n) is 42.8. The van der Waals surface area contributed by atoms with Gasteiger partial charge in [0.25, 0.3) is 11.8 Å². The van der Waals surface area contributed by atoms with E-state index in [-0.39, 0.29) is 63.8 Å². The number of carboxylic acids is 4. The summed E-state index contributed by atoms with van der Waals surface area (Å²) in [5, 5.41) is 50.7. The number of carbonyl (C=O) groups is 12. The molecule has 1 aromatic rings. The summed E-state index contributed by atoms with van der Waals surface area (Å²) in [7, 11) is 0. The van der Waals surface area contributed by atoms with E-state index in [2.05, 4.69) is 59.5 Å². The Morgan fingerprint density at radius 2 is 1.03 bits per heavy atom. The van der Waals surface area contributed by atoms with Crippen LogP contribution >= 0.6 is 0 Å². The van der Waals surface area contributed by atoms with Gasteiger partial charge in [-0.05, 0) is 32.1 Å². The monoisotopic (exact) mass is 1150 g/mol. The number of carboxylic acid groups (broad SMARTS) is 4. The molecular formula is C50H76N6O17Sn. The van der Waals surface area contributed by atoms with Gasteiger partial charge in [-0.1, -0.05) is 0 Å². The number of rotatable bonds is 39. The van der Waals surface area contributed by atoms with Crippen LogP contribution in [0.5, 0.6) is 0 Å². The van der Waals surface area contributed by atoms with Gasteiger partial charge in [0.15, 0.2) is 0 Å². The van der Waals surface area contributed by atoms with Crippen molar-refractivity contribution < 1.29 is 82.8 Å².